The summed E-state index contributed by atoms with van der Waals surface area (Å²) in [6.07, 6.45) is 3.47. The highest BCUT2D eigenvalue weighted by atomic mass is 32.2. The maximum atomic E-state index is 11.5. The van der Waals surface area contributed by atoms with Crippen molar-refractivity contribution >= 4 is 21.2 Å². The molecule has 3 rings (SSSR count). The zero-order chi connectivity index (χ0) is 16.3. The zero-order valence-electron chi connectivity index (χ0n) is 13.4. The Hall–Kier alpha value is -1.17. The minimum Gasteiger partial charge on any atom is -0.298 e. The van der Waals surface area contributed by atoms with Gasteiger partial charge in [0.1, 0.15) is 9.84 Å². The SMILES string of the molecule is CS(=O)(=O)CC1CCCN(Cc2ccc(-c3ccccc3)s2)C1. The number of likely N-dealkylation sites (tertiary alicyclic amines) is 1. The van der Waals surface area contributed by atoms with E-state index in [9.17, 15) is 8.42 Å². The summed E-state index contributed by atoms with van der Waals surface area (Å²) in [4.78, 5) is 5.05. The van der Waals surface area contributed by atoms with Gasteiger partial charge in [-0.15, -0.1) is 11.3 Å². The molecule has 124 valence electrons. The number of sulfone groups is 1. The van der Waals surface area contributed by atoms with Crippen LogP contribution in [-0.2, 0) is 16.4 Å². The van der Waals surface area contributed by atoms with E-state index < -0.39 is 9.84 Å². The highest BCUT2D eigenvalue weighted by molar-refractivity contribution is 7.90. The first-order valence-electron chi connectivity index (χ1n) is 8.04. The van der Waals surface area contributed by atoms with E-state index in [1.54, 1.807) is 0 Å². The van der Waals surface area contributed by atoms with Crippen LogP contribution in [0.15, 0.2) is 42.5 Å². The molecule has 1 aliphatic heterocycles. The highest BCUT2D eigenvalue weighted by Crippen LogP contribution is 2.29. The summed E-state index contributed by atoms with van der Waals surface area (Å²) in [5.74, 6) is 0.607. The molecule has 1 aliphatic rings. The summed E-state index contributed by atoms with van der Waals surface area (Å²) in [6.45, 7) is 2.89. The van der Waals surface area contributed by atoms with Crippen molar-refractivity contribution in [3.05, 3.63) is 47.3 Å². The molecule has 0 aliphatic carbocycles. The second kappa shape index (κ2) is 7.16. The van der Waals surface area contributed by atoms with E-state index >= 15 is 0 Å². The predicted molar refractivity (Wildman–Crippen MR) is 97.5 cm³/mol. The fourth-order valence-electron chi connectivity index (χ4n) is 3.30. The van der Waals surface area contributed by atoms with Crippen LogP contribution in [0.25, 0.3) is 10.4 Å². The largest absolute Gasteiger partial charge is 0.298 e. The summed E-state index contributed by atoms with van der Waals surface area (Å²) in [5.41, 5.74) is 1.26. The second-order valence-electron chi connectivity index (χ2n) is 6.47. The number of rotatable bonds is 5. The number of nitrogens with zero attached hydrogens (tertiary/aromatic N) is 1. The molecule has 1 atom stereocenters. The van der Waals surface area contributed by atoms with E-state index in [1.807, 2.05) is 17.4 Å². The molecule has 0 spiro atoms. The van der Waals surface area contributed by atoms with Crippen LogP contribution in [0.2, 0.25) is 0 Å². The molecule has 1 fully saturated rings. The fraction of sp³-hybridized carbons (Fsp3) is 0.444. The third-order valence-corrected chi connectivity index (χ3v) is 6.44. The lowest BCUT2D eigenvalue weighted by Gasteiger charge is -2.32. The van der Waals surface area contributed by atoms with Crippen molar-refractivity contribution < 1.29 is 8.42 Å². The quantitative estimate of drug-likeness (QED) is 0.826. The van der Waals surface area contributed by atoms with Crippen LogP contribution in [0.1, 0.15) is 17.7 Å². The Morgan fingerprint density at radius 1 is 1.17 bits per heavy atom. The third kappa shape index (κ3) is 4.90. The first kappa shape index (κ1) is 16.7. The van der Waals surface area contributed by atoms with Crippen LogP contribution in [0.4, 0.5) is 0 Å². The van der Waals surface area contributed by atoms with Crippen LogP contribution in [0.5, 0.6) is 0 Å². The zero-order valence-corrected chi connectivity index (χ0v) is 15.1. The fourth-order valence-corrected chi connectivity index (χ4v) is 5.48. The van der Waals surface area contributed by atoms with Crippen molar-refractivity contribution in [3.8, 4) is 10.4 Å². The van der Waals surface area contributed by atoms with Crippen molar-refractivity contribution in [3.63, 3.8) is 0 Å². The van der Waals surface area contributed by atoms with E-state index in [-0.39, 0.29) is 5.92 Å². The molecule has 3 nitrogen and oxygen atoms in total. The molecule has 1 unspecified atom stereocenters. The van der Waals surface area contributed by atoms with Gasteiger partial charge in [-0.1, -0.05) is 30.3 Å². The molecule has 23 heavy (non-hydrogen) atoms. The van der Waals surface area contributed by atoms with Gasteiger partial charge in [-0.25, -0.2) is 8.42 Å². The lowest BCUT2D eigenvalue weighted by atomic mass is 10.00. The average molecular weight is 350 g/mol. The topological polar surface area (TPSA) is 37.4 Å². The van der Waals surface area contributed by atoms with Gasteiger partial charge in [0.2, 0.25) is 0 Å². The maximum Gasteiger partial charge on any atom is 0.147 e. The number of piperidine rings is 1. The number of benzene rings is 1. The predicted octanol–water partition coefficient (Wildman–Crippen LogP) is 3.67. The molecule has 5 heteroatoms. The van der Waals surface area contributed by atoms with Gasteiger partial charge in [0.25, 0.3) is 0 Å². The molecule has 1 aromatic heterocycles. The van der Waals surface area contributed by atoms with Crippen molar-refractivity contribution in [1.82, 2.24) is 4.90 Å². The molecule has 1 aromatic carbocycles. The Morgan fingerprint density at radius 2 is 1.96 bits per heavy atom. The minimum atomic E-state index is -2.88. The van der Waals surface area contributed by atoms with Crippen LogP contribution in [0.3, 0.4) is 0 Å². The van der Waals surface area contributed by atoms with E-state index in [2.05, 4.69) is 41.3 Å². The summed E-state index contributed by atoms with van der Waals surface area (Å²) in [6, 6.07) is 14.8. The van der Waals surface area contributed by atoms with Crippen molar-refractivity contribution in [2.24, 2.45) is 5.92 Å². The Morgan fingerprint density at radius 3 is 2.70 bits per heavy atom. The molecule has 2 aromatic rings. The van der Waals surface area contributed by atoms with Gasteiger partial charge in [0, 0.05) is 29.1 Å². The van der Waals surface area contributed by atoms with Gasteiger partial charge in [-0.05, 0) is 43.0 Å². The Kier molecular flexibility index (Phi) is 5.19. The lowest BCUT2D eigenvalue weighted by Crippen LogP contribution is -2.37. The molecule has 0 bridgehead atoms. The summed E-state index contributed by atoms with van der Waals surface area (Å²) in [7, 11) is -2.88. The molecule has 1 saturated heterocycles. The van der Waals surface area contributed by atoms with Crippen molar-refractivity contribution in [2.45, 2.75) is 19.4 Å². The smallest absolute Gasteiger partial charge is 0.147 e. The van der Waals surface area contributed by atoms with Crippen molar-refractivity contribution in [2.75, 3.05) is 25.1 Å². The van der Waals surface area contributed by atoms with Gasteiger partial charge in [0.05, 0.1) is 5.75 Å². The minimum absolute atomic E-state index is 0.285. The standard InChI is InChI=1S/C18H23NO2S2/c1-23(20,21)14-15-6-5-11-19(12-15)13-17-9-10-18(22-17)16-7-3-2-4-8-16/h2-4,7-10,15H,5-6,11-14H2,1H3. The Labute approximate surface area is 142 Å². The maximum absolute atomic E-state index is 11.5. The van der Waals surface area contributed by atoms with Crippen LogP contribution in [-0.4, -0.2) is 38.4 Å². The van der Waals surface area contributed by atoms with Crippen LogP contribution in [0, 0.1) is 5.92 Å². The molecule has 0 amide bonds. The summed E-state index contributed by atoms with van der Waals surface area (Å²) < 4.78 is 23.0. The van der Waals surface area contributed by atoms with Crippen LogP contribution < -0.4 is 0 Å². The first-order valence-corrected chi connectivity index (χ1v) is 10.9. The average Bonchev–Trinajstić information content (AvgIpc) is 2.95. The van der Waals surface area contributed by atoms with Crippen LogP contribution >= 0.6 is 11.3 Å². The van der Waals surface area contributed by atoms with E-state index in [0.717, 1.165) is 32.5 Å². The molecular formula is C18H23NO2S2. The normalized spacial score (nSPS) is 19.8. The molecule has 0 radical (unpaired) electrons. The summed E-state index contributed by atoms with van der Waals surface area (Å²) >= 11 is 1.83. The van der Waals surface area contributed by atoms with E-state index in [0.29, 0.717) is 5.75 Å². The number of hydrogen-bond donors (Lipinski definition) is 0. The number of hydrogen-bond acceptors (Lipinski definition) is 4. The monoisotopic (exact) mass is 349 g/mol. The van der Waals surface area contributed by atoms with Gasteiger partial charge in [-0.2, -0.15) is 0 Å². The van der Waals surface area contributed by atoms with Gasteiger partial charge in [-0.3, -0.25) is 4.90 Å². The van der Waals surface area contributed by atoms with Gasteiger partial charge >= 0.3 is 0 Å². The molecular weight excluding hydrogens is 326 g/mol. The molecule has 2 heterocycles. The summed E-state index contributed by atoms with van der Waals surface area (Å²) in [5, 5.41) is 0. The number of thiophene rings is 1. The van der Waals surface area contributed by atoms with Crippen molar-refractivity contribution in [1.29, 1.82) is 0 Å². The Bertz CT molecular complexity index is 737. The third-order valence-electron chi connectivity index (χ3n) is 4.24. The molecule has 0 N–H and O–H groups in total. The second-order valence-corrected chi connectivity index (χ2v) is 9.82. The van der Waals surface area contributed by atoms with Gasteiger partial charge in [0.15, 0.2) is 0 Å². The van der Waals surface area contributed by atoms with E-state index in [1.165, 1.54) is 21.6 Å². The van der Waals surface area contributed by atoms with Gasteiger partial charge < -0.3 is 0 Å². The highest BCUT2D eigenvalue weighted by Gasteiger charge is 2.23. The Balaban J connectivity index is 1.62. The first-order chi connectivity index (χ1) is 11.0. The lowest BCUT2D eigenvalue weighted by molar-refractivity contribution is 0.179. The molecule has 0 saturated carbocycles. The van der Waals surface area contributed by atoms with E-state index in [4.69, 9.17) is 0 Å².